The number of rotatable bonds is 1. The van der Waals surface area contributed by atoms with Crippen LogP contribution in [-0.2, 0) is 0 Å². The normalized spacial score (nSPS) is 9.21. The predicted octanol–water partition coefficient (Wildman–Crippen LogP) is 4.48. The highest BCUT2D eigenvalue weighted by Crippen LogP contribution is 2.18. The van der Waals surface area contributed by atoms with Crippen molar-refractivity contribution >= 4 is 27.1 Å². The molecule has 1 heterocycles. The third-order valence-corrected chi connectivity index (χ3v) is 3.43. The van der Waals surface area contributed by atoms with Crippen LogP contribution in [0.5, 0.6) is 0 Å². The van der Waals surface area contributed by atoms with Gasteiger partial charge in [0, 0.05) is 10.3 Å². The van der Waals surface area contributed by atoms with Gasteiger partial charge in [0.05, 0.1) is 0 Å². The highest BCUT2D eigenvalue weighted by molar-refractivity contribution is 7.17. The van der Waals surface area contributed by atoms with E-state index in [1.807, 2.05) is 6.07 Å². The van der Waals surface area contributed by atoms with Crippen LogP contribution in [0.25, 0.3) is 10.1 Å². The minimum absolute atomic E-state index is 0.0144. The fourth-order valence-electron chi connectivity index (χ4n) is 1.58. The maximum absolute atomic E-state index is 8.31. The van der Waals surface area contributed by atoms with E-state index in [1.165, 1.54) is 10.1 Å². The summed E-state index contributed by atoms with van der Waals surface area (Å²) in [5.74, 6) is 0. The monoisotopic (exact) mass is 264 g/mol. The third-order valence-electron chi connectivity index (χ3n) is 2.54. The van der Waals surface area contributed by atoms with Gasteiger partial charge in [0.2, 0.25) is 0 Å². The first-order valence-corrected chi connectivity index (χ1v) is 6.65. The second-order valence-corrected chi connectivity index (χ2v) is 4.76. The molecule has 0 saturated carbocycles. The van der Waals surface area contributed by atoms with Crippen molar-refractivity contribution in [1.29, 1.82) is 10.7 Å². The second kappa shape index (κ2) is 6.48. The lowest BCUT2D eigenvalue weighted by molar-refractivity contribution is 1.46. The van der Waals surface area contributed by atoms with Gasteiger partial charge in [-0.1, -0.05) is 48.5 Å². The smallest absolute Gasteiger partial charge is 0.139 e. The molecule has 2 nitrogen and oxygen atoms in total. The zero-order valence-corrected chi connectivity index (χ0v) is 11.0. The van der Waals surface area contributed by atoms with Gasteiger partial charge in [-0.3, -0.25) is 5.41 Å². The van der Waals surface area contributed by atoms with E-state index in [-0.39, 0.29) is 5.71 Å². The minimum atomic E-state index is 0.0144. The fraction of sp³-hybridized carbons (Fsp3) is 0. The molecular formula is C16H12N2S. The van der Waals surface area contributed by atoms with Gasteiger partial charge in [0.25, 0.3) is 0 Å². The molecule has 0 saturated heterocycles. The molecule has 1 aromatic heterocycles. The van der Waals surface area contributed by atoms with Crippen molar-refractivity contribution in [3.8, 4) is 6.07 Å². The molecule has 92 valence electrons. The standard InChI is InChI=1S/C8H6N2.C8H6S/c9-6-8(10)7-4-2-1-3-5-7;1-2-4-8-7(3-1)5-6-9-8/h1-5,10H;1-6H. The van der Waals surface area contributed by atoms with E-state index in [2.05, 4.69) is 35.7 Å². The molecule has 0 fully saturated rings. The minimum Gasteiger partial charge on any atom is -0.290 e. The van der Waals surface area contributed by atoms with Crippen LogP contribution in [-0.4, -0.2) is 5.71 Å². The predicted molar refractivity (Wildman–Crippen MR) is 80.7 cm³/mol. The van der Waals surface area contributed by atoms with Crippen molar-refractivity contribution in [3.63, 3.8) is 0 Å². The lowest BCUT2D eigenvalue weighted by atomic mass is 10.1. The summed E-state index contributed by atoms with van der Waals surface area (Å²) in [6, 6.07) is 21.3. The average Bonchev–Trinajstić information content (AvgIpc) is 2.96. The second-order valence-electron chi connectivity index (χ2n) is 3.81. The van der Waals surface area contributed by atoms with Gasteiger partial charge in [-0.2, -0.15) is 5.26 Å². The Kier molecular flexibility index (Phi) is 4.44. The number of benzene rings is 2. The summed E-state index contributed by atoms with van der Waals surface area (Å²) in [4.78, 5) is 0. The van der Waals surface area contributed by atoms with E-state index in [0.29, 0.717) is 5.56 Å². The van der Waals surface area contributed by atoms with E-state index in [0.717, 1.165) is 0 Å². The quantitative estimate of drug-likeness (QED) is 0.647. The summed E-state index contributed by atoms with van der Waals surface area (Å²) < 4.78 is 1.37. The Labute approximate surface area is 116 Å². The zero-order chi connectivity index (χ0) is 13.5. The fourth-order valence-corrected chi connectivity index (χ4v) is 2.37. The third kappa shape index (κ3) is 3.51. The van der Waals surface area contributed by atoms with Crippen LogP contribution < -0.4 is 0 Å². The number of fused-ring (bicyclic) bond motifs is 1. The van der Waals surface area contributed by atoms with Gasteiger partial charge in [-0.05, 0) is 22.9 Å². The molecule has 0 amide bonds. The maximum Gasteiger partial charge on any atom is 0.139 e. The molecule has 3 aromatic rings. The molecule has 0 radical (unpaired) electrons. The Morgan fingerprint density at radius 3 is 2.32 bits per heavy atom. The lowest BCUT2D eigenvalue weighted by Gasteiger charge is -1.90. The van der Waals surface area contributed by atoms with E-state index >= 15 is 0 Å². The van der Waals surface area contributed by atoms with Crippen LogP contribution in [0.1, 0.15) is 5.56 Å². The number of hydrogen-bond donors (Lipinski definition) is 1. The van der Waals surface area contributed by atoms with E-state index in [4.69, 9.17) is 10.7 Å². The summed E-state index contributed by atoms with van der Waals surface area (Å²) in [7, 11) is 0. The van der Waals surface area contributed by atoms with Crippen molar-refractivity contribution < 1.29 is 0 Å². The molecule has 0 aliphatic carbocycles. The molecule has 0 bridgehead atoms. The summed E-state index contributed by atoms with van der Waals surface area (Å²) in [5.41, 5.74) is 0.686. The topological polar surface area (TPSA) is 47.6 Å². The Bertz CT molecular complexity index is 678. The van der Waals surface area contributed by atoms with Crippen molar-refractivity contribution in [1.82, 2.24) is 0 Å². The zero-order valence-electron chi connectivity index (χ0n) is 10.2. The van der Waals surface area contributed by atoms with Gasteiger partial charge < -0.3 is 0 Å². The van der Waals surface area contributed by atoms with Crippen LogP contribution in [0.3, 0.4) is 0 Å². The van der Waals surface area contributed by atoms with Crippen molar-refractivity contribution in [3.05, 3.63) is 71.6 Å². The number of nitrogens with zero attached hydrogens (tertiary/aromatic N) is 1. The van der Waals surface area contributed by atoms with Gasteiger partial charge in [-0.15, -0.1) is 11.3 Å². The summed E-state index contributed by atoms with van der Waals surface area (Å²) in [6.45, 7) is 0. The van der Waals surface area contributed by atoms with Crippen LogP contribution in [0.2, 0.25) is 0 Å². The summed E-state index contributed by atoms with van der Waals surface area (Å²) >= 11 is 1.79. The van der Waals surface area contributed by atoms with Gasteiger partial charge in [0.15, 0.2) is 0 Å². The average molecular weight is 264 g/mol. The highest BCUT2D eigenvalue weighted by atomic mass is 32.1. The first-order chi connectivity index (χ1) is 9.31. The molecule has 0 atom stereocenters. The molecule has 0 aliphatic heterocycles. The molecule has 2 aromatic carbocycles. The van der Waals surface area contributed by atoms with E-state index in [9.17, 15) is 0 Å². The van der Waals surface area contributed by atoms with Crippen LogP contribution in [0.4, 0.5) is 0 Å². The molecular weight excluding hydrogens is 252 g/mol. The first-order valence-electron chi connectivity index (χ1n) is 5.77. The maximum atomic E-state index is 8.31. The molecule has 1 N–H and O–H groups in total. The molecule has 3 heteroatoms. The van der Waals surface area contributed by atoms with Crippen LogP contribution in [0.15, 0.2) is 66.0 Å². The molecule has 0 aliphatic rings. The SMILES string of the molecule is N#CC(=N)c1ccccc1.c1ccc2sccc2c1. The molecule has 19 heavy (non-hydrogen) atoms. The Morgan fingerprint density at radius 2 is 1.63 bits per heavy atom. The molecule has 0 unspecified atom stereocenters. The van der Waals surface area contributed by atoms with Crippen molar-refractivity contribution in [2.45, 2.75) is 0 Å². The highest BCUT2D eigenvalue weighted by Gasteiger charge is 1.94. The van der Waals surface area contributed by atoms with Crippen LogP contribution in [0, 0.1) is 16.7 Å². The Morgan fingerprint density at radius 1 is 0.947 bits per heavy atom. The lowest BCUT2D eigenvalue weighted by Crippen LogP contribution is -1.92. The number of nitriles is 1. The molecule has 0 spiro atoms. The van der Waals surface area contributed by atoms with E-state index < -0.39 is 0 Å². The number of hydrogen-bond acceptors (Lipinski definition) is 3. The Hall–Kier alpha value is -2.44. The van der Waals surface area contributed by atoms with E-state index in [1.54, 1.807) is 41.7 Å². The molecule has 3 rings (SSSR count). The number of thiophene rings is 1. The number of nitrogens with one attached hydrogen (secondary N) is 1. The first kappa shape index (κ1) is 13.0. The van der Waals surface area contributed by atoms with Gasteiger partial charge >= 0.3 is 0 Å². The van der Waals surface area contributed by atoms with Crippen molar-refractivity contribution in [2.24, 2.45) is 0 Å². The largest absolute Gasteiger partial charge is 0.290 e. The summed E-state index contributed by atoms with van der Waals surface area (Å²) in [6.07, 6.45) is 0. The van der Waals surface area contributed by atoms with Gasteiger partial charge in [-0.25, -0.2) is 0 Å². The Balaban J connectivity index is 0.000000141. The van der Waals surface area contributed by atoms with Crippen LogP contribution >= 0.6 is 11.3 Å². The summed E-state index contributed by atoms with van der Waals surface area (Å²) in [5, 5.41) is 18.9. The van der Waals surface area contributed by atoms with Gasteiger partial charge in [0.1, 0.15) is 11.8 Å². The van der Waals surface area contributed by atoms with Crippen molar-refractivity contribution in [2.75, 3.05) is 0 Å².